The average Bonchev–Trinajstić information content (AvgIpc) is 3.11. The third-order valence-electron chi connectivity index (χ3n) is 4.56. The first-order valence-electron chi connectivity index (χ1n) is 9.39. The van der Waals surface area contributed by atoms with Gasteiger partial charge in [0.25, 0.3) is 5.91 Å². The molecule has 32 heavy (non-hydrogen) atoms. The molecule has 1 aliphatic heterocycles. The first-order valence-corrected chi connectivity index (χ1v) is 11.4. The summed E-state index contributed by atoms with van der Waals surface area (Å²) in [7, 11) is 1.56. The number of hydrogen-bond donors (Lipinski definition) is 1. The van der Waals surface area contributed by atoms with Gasteiger partial charge in [0.2, 0.25) is 0 Å². The Kier molecular flexibility index (Phi) is 7.01. The van der Waals surface area contributed by atoms with Crippen LogP contribution < -0.4 is 14.8 Å². The standard InChI is InChI=1S/C23H16Cl2N2O3S2/c1-29-19-9-13(10-20-22(28)27-23(31)32-20)8-16(14-5-6-17(24)18(25)11-14)21(19)30-12-15-4-2-3-7-26-15/h2-11H,12H2,1H3,(H,27,28,31). The first-order chi connectivity index (χ1) is 15.4. The van der Waals surface area contributed by atoms with Crippen LogP contribution in [0.25, 0.3) is 17.2 Å². The SMILES string of the molecule is COc1cc(C=C2SC(=S)NC2=O)cc(-c2ccc(Cl)c(Cl)c2)c1OCc1ccccn1. The molecule has 0 atom stereocenters. The highest BCUT2D eigenvalue weighted by atomic mass is 35.5. The van der Waals surface area contributed by atoms with Crippen molar-refractivity contribution >= 4 is 63.5 Å². The molecule has 5 nitrogen and oxygen atoms in total. The van der Waals surface area contributed by atoms with Gasteiger partial charge in [0.1, 0.15) is 10.9 Å². The zero-order valence-electron chi connectivity index (χ0n) is 16.7. The summed E-state index contributed by atoms with van der Waals surface area (Å²) in [4.78, 5) is 16.9. The topological polar surface area (TPSA) is 60.5 Å². The van der Waals surface area contributed by atoms with E-state index < -0.39 is 0 Å². The number of carbonyl (C=O) groups is 1. The van der Waals surface area contributed by atoms with Crippen LogP contribution in [0, 0.1) is 0 Å². The monoisotopic (exact) mass is 502 g/mol. The molecular formula is C23H16Cl2N2O3S2. The highest BCUT2D eigenvalue weighted by Crippen LogP contribution is 2.42. The fourth-order valence-corrected chi connectivity index (χ4v) is 4.43. The van der Waals surface area contributed by atoms with E-state index in [2.05, 4.69) is 10.3 Å². The maximum Gasteiger partial charge on any atom is 0.263 e. The van der Waals surface area contributed by atoms with Gasteiger partial charge in [-0.3, -0.25) is 9.78 Å². The zero-order valence-corrected chi connectivity index (χ0v) is 19.9. The van der Waals surface area contributed by atoms with E-state index in [4.69, 9.17) is 44.9 Å². The molecule has 1 aliphatic rings. The van der Waals surface area contributed by atoms with Crippen molar-refractivity contribution in [3.05, 3.63) is 80.9 Å². The van der Waals surface area contributed by atoms with Crippen molar-refractivity contribution in [1.29, 1.82) is 0 Å². The van der Waals surface area contributed by atoms with Crippen LogP contribution in [0.1, 0.15) is 11.3 Å². The lowest BCUT2D eigenvalue weighted by Gasteiger charge is -2.17. The van der Waals surface area contributed by atoms with E-state index in [1.165, 1.54) is 11.8 Å². The summed E-state index contributed by atoms with van der Waals surface area (Å²) in [5.41, 5.74) is 3.04. The molecule has 162 valence electrons. The Morgan fingerprint density at radius 3 is 2.66 bits per heavy atom. The number of ether oxygens (including phenoxy) is 2. The van der Waals surface area contributed by atoms with Crippen molar-refractivity contribution in [3.8, 4) is 22.6 Å². The van der Waals surface area contributed by atoms with Crippen LogP contribution in [-0.4, -0.2) is 22.3 Å². The van der Waals surface area contributed by atoms with Gasteiger partial charge < -0.3 is 14.8 Å². The smallest absolute Gasteiger partial charge is 0.263 e. The molecule has 0 saturated carbocycles. The Morgan fingerprint density at radius 1 is 1.16 bits per heavy atom. The van der Waals surface area contributed by atoms with Gasteiger partial charge in [-0.1, -0.05) is 59.3 Å². The predicted octanol–water partition coefficient (Wildman–Crippen LogP) is 6.13. The molecule has 1 saturated heterocycles. The van der Waals surface area contributed by atoms with Gasteiger partial charge in [-0.05, 0) is 53.6 Å². The van der Waals surface area contributed by atoms with Gasteiger partial charge in [-0.25, -0.2) is 0 Å². The number of benzene rings is 2. The quantitative estimate of drug-likeness (QED) is 0.323. The van der Waals surface area contributed by atoms with Crippen LogP contribution >= 0.6 is 47.2 Å². The summed E-state index contributed by atoms with van der Waals surface area (Å²) in [6.45, 7) is 0.248. The van der Waals surface area contributed by atoms with Crippen molar-refractivity contribution < 1.29 is 14.3 Å². The van der Waals surface area contributed by atoms with Gasteiger partial charge >= 0.3 is 0 Å². The normalized spacial score (nSPS) is 14.5. The molecule has 1 N–H and O–H groups in total. The molecule has 4 rings (SSSR count). The third kappa shape index (κ3) is 5.07. The second kappa shape index (κ2) is 9.92. The van der Waals surface area contributed by atoms with Crippen LogP contribution in [0.2, 0.25) is 10.0 Å². The molecule has 0 unspecified atom stereocenters. The Balaban J connectivity index is 1.81. The minimum absolute atomic E-state index is 0.231. The Morgan fingerprint density at radius 2 is 2.00 bits per heavy atom. The molecule has 2 aromatic carbocycles. The summed E-state index contributed by atoms with van der Waals surface area (Å²) in [6, 6.07) is 14.6. The lowest BCUT2D eigenvalue weighted by Crippen LogP contribution is -2.17. The second-order valence-electron chi connectivity index (χ2n) is 6.69. The minimum Gasteiger partial charge on any atom is -0.493 e. The molecule has 1 amide bonds. The summed E-state index contributed by atoms with van der Waals surface area (Å²) in [5, 5.41) is 3.48. The Labute approximate surface area is 204 Å². The molecule has 0 bridgehead atoms. The lowest BCUT2D eigenvalue weighted by atomic mass is 10.0. The number of thiocarbonyl (C=S) groups is 1. The number of aromatic nitrogens is 1. The molecule has 9 heteroatoms. The summed E-state index contributed by atoms with van der Waals surface area (Å²) < 4.78 is 12.2. The van der Waals surface area contributed by atoms with Gasteiger partial charge in [-0.2, -0.15) is 0 Å². The Bertz CT molecular complexity index is 1230. The van der Waals surface area contributed by atoms with Crippen LogP contribution in [0.4, 0.5) is 0 Å². The summed E-state index contributed by atoms with van der Waals surface area (Å²) in [5.74, 6) is 0.797. The molecule has 2 heterocycles. The summed E-state index contributed by atoms with van der Waals surface area (Å²) in [6.07, 6.45) is 3.46. The number of pyridine rings is 1. The predicted molar refractivity (Wildman–Crippen MR) is 133 cm³/mol. The highest BCUT2D eigenvalue weighted by Gasteiger charge is 2.23. The number of halogens is 2. The van der Waals surface area contributed by atoms with Gasteiger partial charge in [0, 0.05) is 11.8 Å². The average molecular weight is 503 g/mol. The van der Waals surface area contributed by atoms with E-state index in [-0.39, 0.29) is 12.5 Å². The third-order valence-corrected chi connectivity index (χ3v) is 6.46. The fourth-order valence-electron chi connectivity index (χ4n) is 3.09. The number of hydrogen-bond acceptors (Lipinski definition) is 6. The Hall–Kier alpha value is -2.58. The molecule has 1 aromatic heterocycles. The largest absolute Gasteiger partial charge is 0.493 e. The minimum atomic E-state index is -0.231. The van der Waals surface area contributed by atoms with Crippen molar-refractivity contribution in [2.24, 2.45) is 0 Å². The molecule has 0 radical (unpaired) electrons. The van der Waals surface area contributed by atoms with E-state index in [1.54, 1.807) is 37.6 Å². The first kappa shape index (κ1) is 22.6. The maximum atomic E-state index is 12.1. The van der Waals surface area contributed by atoms with Crippen LogP contribution in [0.15, 0.2) is 59.6 Å². The van der Waals surface area contributed by atoms with Crippen molar-refractivity contribution in [2.75, 3.05) is 7.11 Å². The number of thioether (sulfide) groups is 1. The van der Waals surface area contributed by atoms with Gasteiger partial charge in [0.05, 0.1) is 27.8 Å². The van der Waals surface area contributed by atoms with E-state index in [1.807, 2.05) is 30.3 Å². The maximum absolute atomic E-state index is 12.1. The molecule has 0 aliphatic carbocycles. The van der Waals surface area contributed by atoms with Gasteiger partial charge in [0.15, 0.2) is 11.5 Å². The van der Waals surface area contributed by atoms with Crippen molar-refractivity contribution in [1.82, 2.24) is 10.3 Å². The molecule has 0 spiro atoms. The van der Waals surface area contributed by atoms with E-state index in [0.717, 1.165) is 22.4 Å². The number of nitrogens with one attached hydrogen (secondary N) is 1. The van der Waals surface area contributed by atoms with Crippen LogP contribution in [0.3, 0.4) is 0 Å². The molecular weight excluding hydrogens is 487 g/mol. The van der Waals surface area contributed by atoms with Gasteiger partial charge in [-0.15, -0.1) is 0 Å². The molecule has 3 aromatic rings. The van der Waals surface area contributed by atoms with Crippen molar-refractivity contribution in [2.45, 2.75) is 6.61 Å². The number of carbonyl (C=O) groups excluding carboxylic acids is 1. The van der Waals surface area contributed by atoms with Crippen LogP contribution in [0.5, 0.6) is 11.5 Å². The lowest BCUT2D eigenvalue weighted by molar-refractivity contribution is -0.115. The number of rotatable bonds is 6. The number of amides is 1. The van der Waals surface area contributed by atoms with Crippen molar-refractivity contribution in [3.63, 3.8) is 0 Å². The highest BCUT2D eigenvalue weighted by molar-refractivity contribution is 8.26. The van der Waals surface area contributed by atoms with E-state index >= 15 is 0 Å². The van der Waals surface area contributed by atoms with Crippen LogP contribution in [-0.2, 0) is 11.4 Å². The molecule has 1 fully saturated rings. The number of methoxy groups -OCH3 is 1. The number of nitrogens with zero attached hydrogens (tertiary/aromatic N) is 1. The van der Waals surface area contributed by atoms with E-state index in [9.17, 15) is 4.79 Å². The van der Waals surface area contributed by atoms with E-state index in [0.29, 0.717) is 30.8 Å². The fraction of sp³-hybridized carbons (Fsp3) is 0.0870. The second-order valence-corrected chi connectivity index (χ2v) is 9.22. The zero-order chi connectivity index (χ0) is 22.7. The summed E-state index contributed by atoms with van der Waals surface area (Å²) >= 11 is 18.7.